The topological polar surface area (TPSA) is 116 Å². The number of nitrogens with one attached hydrogen (secondary N) is 2. The van der Waals surface area contributed by atoms with Gasteiger partial charge in [-0.15, -0.1) is 0 Å². The van der Waals surface area contributed by atoms with Crippen molar-refractivity contribution in [2.24, 2.45) is 0 Å². The molecule has 1 aliphatic heterocycles. The molecule has 1 heterocycles. The molecule has 0 radical (unpaired) electrons. The number of anilines is 2. The summed E-state index contributed by atoms with van der Waals surface area (Å²) < 4.78 is 0. The minimum absolute atomic E-state index is 0.248. The fraction of sp³-hybridized carbons (Fsp3) is 0.227. The molecule has 1 fully saturated rings. The third-order valence-corrected chi connectivity index (χ3v) is 4.76. The van der Waals surface area contributed by atoms with Gasteiger partial charge in [0, 0.05) is 25.1 Å². The van der Waals surface area contributed by atoms with E-state index < -0.39 is 29.7 Å². The fourth-order valence-electron chi connectivity index (χ4n) is 3.24. The second-order valence-electron chi connectivity index (χ2n) is 7.21. The summed E-state index contributed by atoms with van der Waals surface area (Å²) >= 11 is 0. The first kappa shape index (κ1) is 21.7. The largest absolute Gasteiger partial charge is 0.326 e. The van der Waals surface area contributed by atoms with Gasteiger partial charge in [0.25, 0.3) is 11.8 Å². The molecule has 3 rings (SSSR count). The molecule has 2 N–H and O–H groups in total. The molecule has 0 bridgehead atoms. The van der Waals surface area contributed by atoms with E-state index in [1.807, 2.05) is 6.92 Å². The highest BCUT2D eigenvalue weighted by Crippen LogP contribution is 2.26. The van der Waals surface area contributed by atoms with Crippen LogP contribution in [0.5, 0.6) is 0 Å². The quantitative estimate of drug-likeness (QED) is 0.576. The molecule has 0 aromatic heterocycles. The number of hydrogen-bond donors (Lipinski definition) is 2. The molecule has 1 atom stereocenters. The Hall–Kier alpha value is -4.01. The lowest BCUT2D eigenvalue weighted by Crippen LogP contribution is -2.54. The van der Waals surface area contributed by atoms with E-state index in [1.165, 1.54) is 26.0 Å². The van der Waals surface area contributed by atoms with Crippen LogP contribution >= 0.6 is 0 Å². The van der Waals surface area contributed by atoms with Crippen LogP contribution < -0.4 is 15.6 Å². The summed E-state index contributed by atoms with van der Waals surface area (Å²) in [6, 6.07) is 11.7. The summed E-state index contributed by atoms with van der Waals surface area (Å²) in [7, 11) is 0. The summed E-state index contributed by atoms with van der Waals surface area (Å²) in [6.45, 7) is 4.45. The van der Waals surface area contributed by atoms with Gasteiger partial charge >= 0.3 is 0 Å². The molecule has 0 spiro atoms. The van der Waals surface area contributed by atoms with Gasteiger partial charge in [-0.1, -0.05) is 17.7 Å². The Morgan fingerprint density at radius 2 is 1.58 bits per heavy atom. The molecule has 1 unspecified atom stereocenters. The van der Waals surface area contributed by atoms with E-state index in [1.54, 1.807) is 36.4 Å². The number of benzene rings is 2. The van der Waals surface area contributed by atoms with Crippen LogP contribution in [0.3, 0.4) is 0 Å². The molecule has 9 heteroatoms. The lowest BCUT2D eigenvalue weighted by atomic mass is 10.1. The number of aryl methyl sites for hydroxylation is 1. The molecule has 31 heavy (non-hydrogen) atoms. The van der Waals surface area contributed by atoms with Crippen molar-refractivity contribution in [2.75, 3.05) is 10.2 Å². The predicted octanol–water partition coefficient (Wildman–Crippen LogP) is 1.78. The first-order chi connectivity index (χ1) is 14.7. The monoisotopic (exact) mass is 422 g/mol. The van der Waals surface area contributed by atoms with Gasteiger partial charge in [0.2, 0.25) is 17.7 Å². The van der Waals surface area contributed by atoms with Gasteiger partial charge in [-0.25, -0.2) is 9.91 Å². The minimum atomic E-state index is -1.16. The third-order valence-electron chi connectivity index (χ3n) is 4.76. The number of hydrogen-bond acceptors (Lipinski definition) is 5. The van der Waals surface area contributed by atoms with Gasteiger partial charge in [-0.3, -0.25) is 29.4 Å². The normalized spacial score (nSPS) is 15.6. The average molecular weight is 422 g/mol. The SMILES string of the molecule is CC(=O)Nc1ccc(N2C(=O)CC(N(NC(=O)c3ccc(C)cc3)C(C)=O)C2=O)cc1. The molecule has 0 saturated carbocycles. The Labute approximate surface area is 179 Å². The highest BCUT2D eigenvalue weighted by Gasteiger charge is 2.44. The van der Waals surface area contributed by atoms with Crippen LogP contribution in [0, 0.1) is 6.92 Å². The van der Waals surface area contributed by atoms with Crippen molar-refractivity contribution in [3.63, 3.8) is 0 Å². The molecule has 2 aromatic rings. The maximum Gasteiger partial charge on any atom is 0.269 e. The lowest BCUT2D eigenvalue weighted by molar-refractivity contribution is -0.139. The van der Waals surface area contributed by atoms with Gasteiger partial charge in [0.05, 0.1) is 12.1 Å². The Kier molecular flexibility index (Phi) is 6.15. The summed E-state index contributed by atoms with van der Waals surface area (Å²) in [5, 5.41) is 3.50. The summed E-state index contributed by atoms with van der Waals surface area (Å²) in [5.41, 5.74) is 4.56. The Morgan fingerprint density at radius 1 is 0.968 bits per heavy atom. The van der Waals surface area contributed by atoms with Crippen LogP contribution in [-0.4, -0.2) is 40.6 Å². The molecule has 2 aromatic carbocycles. The maximum atomic E-state index is 13.0. The average Bonchev–Trinajstić information content (AvgIpc) is 3.00. The van der Waals surface area contributed by atoms with E-state index in [4.69, 9.17) is 0 Å². The zero-order valence-electron chi connectivity index (χ0n) is 17.3. The van der Waals surface area contributed by atoms with Crippen LogP contribution in [-0.2, 0) is 19.2 Å². The summed E-state index contributed by atoms with van der Waals surface area (Å²) in [6.07, 6.45) is -0.264. The first-order valence-corrected chi connectivity index (χ1v) is 9.59. The smallest absolute Gasteiger partial charge is 0.269 e. The van der Waals surface area contributed by atoms with E-state index in [9.17, 15) is 24.0 Å². The number of rotatable bonds is 4. The van der Waals surface area contributed by atoms with Crippen molar-refractivity contribution in [1.82, 2.24) is 10.4 Å². The molecular formula is C22H22N4O5. The van der Waals surface area contributed by atoms with E-state index in [-0.39, 0.29) is 12.3 Å². The van der Waals surface area contributed by atoms with Crippen molar-refractivity contribution in [1.29, 1.82) is 0 Å². The Bertz CT molecular complexity index is 1050. The number of hydrazine groups is 1. The van der Waals surface area contributed by atoms with Crippen LogP contribution in [0.25, 0.3) is 0 Å². The van der Waals surface area contributed by atoms with Crippen LogP contribution in [0.15, 0.2) is 48.5 Å². The van der Waals surface area contributed by atoms with Gasteiger partial charge < -0.3 is 5.32 Å². The van der Waals surface area contributed by atoms with Crippen LogP contribution in [0.4, 0.5) is 11.4 Å². The van der Waals surface area contributed by atoms with Gasteiger partial charge in [-0.05, 0) is 43.3 Å². The number of amides is 5. The minimum Gasteiger partial charge on any atom is -0.326 e. The van der Waals surface area contributed by atoms with Crippen molar-refractivity contribution < 1.29 is 24.0 Å². The first-order valence-electron chi connectivity index (χ1n) is 9.59. The van der Waals surface area contributed by atoms with Gasteiger partial charge in [0.15, 0.2) is 0 Å². The standard InChI is InChI=1S/C22H22N4O5/c1-13-4-6-16(7-5-13)21(30)24-26(15(3)28)19-12-20(29)25(22(19)31)18-10-8-17(9-11-18)23-14(2)27/h4-11,19H,12H2,1-3H3,(H,23,27)(H,24,30). The van der Waals surface area contributed by atoms with Crippen LogP contribution in [0.1, 0.15) is 36.2 Å². The Morgan fingerprint density at radius 3 is 2.13 bits per heavy atom. The zero-order chi connectivity index (χ0) is 22.7. The van der Waals surface area contributed by atoms with E-state index in [0.717, 1.165) is 15.5 Å². The predicted molar refractivity (Wildman–Crippen MR) is 113 cm³/mol. The van der Waals surface area contributed by atoms with Crippen molar-refractivity contribution in [3.8, 4) is 0 Å². The highest BCUT2D eigenvalue weighted by molar-refractivity contribution is 6.23. The summed E-state index contributed by atoms with van der Waals surface area (Å²) in [4.78, 5) is 62.4. The fourth-order valence-corrected chi connectivity index (χ4v) is 3.24. The number of imide groups is 1. The molecule has 9 nitrogen and oxygen atoms in total. The maximum absolute atomic E-state index is 13.0. The molecule has 5 amide bonds. The second kappa shape index (κ2) is 8.78. The second-order valence-corrected chi connectivity index (χ2v) is 7.21. The highest BCUT2D eigenvalue weighted by atomic mass is 16.2. The molecule has 0 aliphatic carbocycles. The molecule has 1 aliphatic rings. The van der Waals surface area contributed by atoms with Crippen molar-refractivity contribution in [2.45, 2.75) is 33.2 Å². The van der Waals surface area contributed by atoms with Crippen LogP contribution in [0.2, 0.25) is 0 Å². The van der Waals surface area contributed by atoms with E-state index >= 15 is 0 Å². The number of carbonyl (C=O) groups excluding carboxylic acids is 5. The Balaban J connectivity index is 1.79. The zero-order valence-corrected chi connectivity index (χ0v) is 17.3. The number of nitrogens with zero attached hydrogens (tertiary/aromatic N) is 2. The molecule has 160 valence electrons. The van der Waals surface area contributed by atoms with Gasteiger partial charge in [0.1, 0.15) is 6.04 Å². The van der Waals surface area contributed by atoms with Gasteiger partial charge in [-0.2, -0.15) is 0 Å². The number of carbonyl (C=O) groups is 5. The lowest BCUT2D eigenvalue weighted by Gasteiger charge is -2.26. The molecule has 1 saturated heterocycles. The summed E-state index contributed by atoms with van der Waals surface area (Å²) in [5.74, 6) is -2.51. The van der Waals surface area contributed by atoms with E-state index in [0.29, 0.717) is 16.9 Å². The molecular weight excluding hydrogens is 400 g/mol. The van der Waals surface area contributed by atoms with Crippen molar-refractivity contribution >= 4 is 40.9 Å². The van der Waals surface area contributed by atoms with Crippen molar-refractivity contribution in [3.05, 3.63) is 59.7 Å². The third kappa shape index (κ3) is 4.77. The van der Waals surface area contributed by atoms with E-state index in [2.05, 4.69) is 10.7 Å².